The monoisotopic (exact) mass is 436 g/mol. The van der Waals surface area contributed by atoms with E-state index in [4.69, 9.17) is 4.74 Å². The zero-order chi connectivity index (χ0) is 23.6. The van der Waals surface area contributed by atoms with E-state index in [-0.39, 0.29) is 10.8 Å². The number of ether oxygens (including phenoxy) is 1. The van der Waals surface area contributed by atoms with Crippen LogP contribution in [0.3, 0.4) is 0 Å². The van der Waals surface area contributed by atoms with Crippen molar-refractivity contribution in [2.45, 2.75) is 52.4 Å². The molecule has 0 spiro atoms. The van der Waals surface area contributed by atoms with Crippen molar-refractivity contribution in [1.29, 1.82) is 0 Å². The second-order valence-corrected chi connectivity index (χ2v) is 10.5. The Morgan fingerprint density at radius 3 is 1.97 bits per heavy atom. The number of pyridine rings is 2. The highest BCUT2D eigenvalue weighted by molar-refractivity contribution is 5.65. The van der Waals surface area contributed by atoms with Crippen LogP contribution in [0.25, 0.3) is 22.5 Å². The second-order valence-electron chi connectivity index (χ2n) is 10.5. The van der Waals surface area contributed by atoms with Crippen molar-refractivity contribution >= 4 is 0 Å². The highest BCUT2D eigenvalue weighted by Gasteiger charge is 2.18. The predicted octanol–water partition coefficient (Wildman–Crippen LogP) is 8.20. The molecule has 4 aromatic rings. The van der Waals surface area contributed by atoms with E-state index in [1.54, 1.807) is 0 Å². The largest absolute Gasteiger partial charge is 0.457 e. The molecule has 0 bridgehead atoms. The maximum absolute atomic E-state index is 6.38. The fraction of sp³-hybridized carbons (Fsp3) is 0.267. The van der Waals surface area contributed by atoms with Crippen molar-refractivity contribution in [3.05, 3.63) is 96.3 Å². The first-order valence-electron chi connectivity index (χ1n) is 11.4. The Kier molecular flexibility index (Phi) is 6.07. The van der Waals surface area contributed by atoms with Crippen molar-refractivity contribution in [3.63, 3.8) is 0 Å². The standard InChI is InChI=1S/C30H32N2O/c1-29(2,3)23-13-15-32-28(20-23)21-10-9-11-25(17-21)33-26-18-22(27-12-7-8-14-31-27)16-24(19-26)30(4,5)6/h7-20H,1-6H3. The van der Waals surface area contributed by atoms with Crippen LogP contribution in [0.1, 0.15) is 52.7 Å². The van der Waals surface area contributed by atoms with Gasteiger partial charge in [-0.05, 0) is 76.6 Å². The van der Waals surface area contributed by atoms with Gasteiger partial charge in [0.2, 0.25) is 0 Å². The summed E-state index contributed by atoms with van der Waals surface area (Å²) in [5.41, 5.74) is 6.50. The molecule has 33 heavy (non-hydrogen) atoms. The summed E-state index contributed by atoms with van der Waals surface area (Å²) < 4.78 is 6.38. The van der Waals surface area contributed by atoms with E-state index < -0.39 is 0 Å². The van der Waals surface area contributed by atoms with Crippen molar-refractivity contribution in [2.24, 2.45) is 0 Å². The lowest BCUT2D eigenvalue weighted by atomic mass is 9.85. The maximum atomic E-state index is 6.38. The van der Waals surface area contributed by atoms with E-state index in [2.05, 4.69) is 94.0 Å². The van der Waals surface area contributed by atoms with Gasteiger partial charge in [-0.25, -0.2) is 0 Å². The summed E-state index contributed by atoms with van der Waals surface area (Å²) in [5, 5.41) is 0. The van der Waals surface area contributed by atoms with Gasteiger partial charge in [0.25, 0.3) is 0 Å². The van der Waals surface area contributed by atoms with Crippen molar-refractivity contribution in [2.75, 3.05) is 0 Å². The van der Waals surface area contributed by atoms with Gasteiger partial charge >= 0.3 is 0 Å². The van der Waals surface area contributed by atoms with Crippen LogP contribution >= 0.6 is 0 Å². The molecule has 2 aromatic heterocycles. The van der Waals surface area contributed by atoms with Gasteiger partial charge in [-0.1, -0.05) is 59.7 Å². The van der Waals surface area contributed by atoms with Gasteiger partial charge in [0.1, 0.15) is 11.5 Å². The van der Waals surface area contributed by atoms with Gasteiger partial charge in [0.15, 0.2) is 0 Å². The van der Waals surface area contributed by atoms with Crippen LogP contribution < -0.4 is 4.74 Å². The van der Waals surface area contributed by atoms with E-state index in [1.807, 2.05) is 42.7 Å². The molecule has 0 aliphatic heterocycles. The Balaban J connectivity index is 1.70. The van der Waals surface area contributed by atoms with Crippen LogP contribution in [0.2, 0.25) is 0 Å². The average Bonchev–Trinajstić information content (AvgIpc) is 2.79. The third kappa shape index (κ3) is 5.48. The molecule has 0 aliphatic carbocycles. The predicted molar refractivity (Wildman–Crippen MR) is 137 cm³/mol. The lowest BCUT2D eigenvalue weighted by Gasteiger charge is -2.21. The van der Waals surface area contributed by atoms with Gasteiger partial charge < -0.3 is 4.74 Å². The summed E-state index contributed by atoms with van der Waals surface area (Å²) in [4.78, 5) is 9.15. The highest BCUT2D eigenvalue weighted by atomic mass is 16.5. The third-order valence-electron chi connectivity index (χ3n) is 5.72. The fourth-order valence-electron chi connectivity index (χ4n) is 3.68. The van der Waals surface area contributed by atoms with Crippen LogP contribution in [-0.2, 0) is 10.8 Å². The number of hydrogen-bond acceptors (Lipinski definition) is 3. The highest BCUT2D eigenvalue weighted by Crippen LogP contribution is 2.35. The summed E-state index contributed by atoms with van der Waals surface area (Å²) in [6, 6.07) is 24.7. The van der Waals surface area contributed by atoms with E-state index in [0.29, 0.717) is 0 Å². The normalized spacial score (nSPS) is 11.9. The Labute approximate surface area is 197 Å². The number of benzene rings is 2. The molecule has 0 saturated heterocycles. The van der Waals surface area contributed by atoms with Crippen LogP contribution in [0.4, 0.5) is 0 Å². The zero-order valence-electron chi connectivity index (χ0n) is 20.4. The van der Waals surface area contributed by atoms with Gasteiger partial charge in [-0.15, -0.1) is 0 Å². The molecule has 0 amide bonds. The molecule has 0 fully saturated rings. The fourth-order valence-corrected chi connectivity index (χ4v) is 3.68. The van der Waals surface area contributed by atoms with E-state index in [0.717, 1.165) is 34.0 Å². The van der Waals surface area contributed by atoms with Crippen molar-refractivity contribution in [1.82, 2.24) is 9.97 Å². The summed E-state index contributed by atoms with van der Waals surface area (Å²) in [5.74, 6) is 1.59. The first kappa shape index (κ1) is 22.7. The van der Waals surface area contributed by atoms with Gasteiger partial charge in [0.05, 0.1) is 11.4 Å². The smallest absolute Gasteiger partial charge is 0.128 e. The molecule has 3 nitrogen and oxygen atoms in total. The molecule has 0 unspecified atom stereocenters. The van der Waals surface area contributed by atoms with Crippen LogP contribution in [0.15, 0.2) is 85.2 Å². The number of aromatic nitrogens is 2. The molecule has 0 N–H and O–H groups in total. The molecule has 0 aliphatic rings. The molecule has 0 atom stereocenters. The maximum Gasteiger partial charge on any atom is 0.128 e. The zero-order valence-corrected chi connectivity index (χ0v) is 20.4. The van der Waals surface area contributed by atoms with Crippen LogP contribution in [0.5, 0.6) is 11.5 Å². The quantitative estimate of drug-likeness (QED) is 0.323. The average molecular weight is 437 g/mol. The number of nitrogens with zero attached hydrogens (tertiary/aromatic N) is 2. The third-order valence-corrected chi connectivity index (χ3v) is 5.72. The topological polar surface area (TPSA) is 35.0 Å². The first-order chi connectivity index (χ1) is 15.6. The first-order valence-corrected chi connectivity index (χ1v) is 11.4. The summed E-state index contributed by atoms with van der Waals surface area (Å²) in [7, 11) is 0. The minimum atomic E-state index is -0.0118. The molecule has 3 heteroatoms. The van der Waals surface area contributed by atoms with Crippen LogP contribution in [-0.4, -0.2) is 9.97 Å². The van der Waals surface area contributed by atoms with Crippen molar-refractivity contribution in [3.8, 4) is 34.0 Å². The van der Waals surface area contributed by atoms with Crippen LogP contribution in [0, 0.1) is 0 Å². The summed E-state index contributed by atoms with van der Waals surface area (Å²) in [6.45, 7) is 13.3. The Morgan fingerprint density at radius 2 is 1.27 bits per heavy atom. The molecule has 4 rings (SSSR count). The molecule has 0 radical (unpaired) electrons. The van der Waals surface area contributed by atoms with E-state index in [9.17, 15) is 0 Å². The lowest BCUT2D eigenvalue weighted by Crippen LogP contribution is -2.11. The second kappa shape index (κ2) is 8.82. The Bertz CT molecular complexity index is 1250. The van der Waals surface area contributed by atoms with Gasteiger partial charge in [0, 0.05) is 23.5 Å². The van der Waals surface area contributed by atoms with Gasteiger partial charge in [-0.2, -0.15) is 0 Å². The van der Waals surface area contributed by atoms with E-state index >= 15 is 0 Å². The molecule has 0 saturated carbocycles. The minimum Gasteiger partial charge on any atom is -0.457 e. The molecular weight excluding hydrogens is 404 g/mol. The molecule has 168 valence electrons. The minimum absolute atomic E-state index is 0.0118. The molecule has 2 heterocycles. The Hall–Kier alpha value is -3.46. The number of hydrogen-bond donors (Lipinski definition) is 0. The number of rotatable bonds is 4. The summed E-state index contributed by atoms with van der Waals surface area (Å²) >= 11 is 0. The lowest BCUT2D eigenvalue weighted by molar-refractivity contribution is 0.479. The Morgan fingerprint density at radius 1 is 0.545 bits per heavy atom. The summed E-state index contributed by atoms with van der Waals surface area (Å²) in [6.07, 6.45) is 3.71. The van der Waals surface area contributed by atoms with Gasteiger partial charge in [-0.3, -0.25) is 9.97 Å². The molecule has 2 aromatic carbocycles. The molecular formula is C30H32N2O. The van der Waals surface area contributed by atoms with E-state index in [1.165, 1.54) is 11.1 Å². The SMILES string of the molecule is CC(C)(C)c1cc(Oc2cccc(-c3cc(C(C)(C)C)ccn3)c2)cc(-c2ccccn2)c1. The van der Waals surface area contributed by atoms with Crippen molar-refractivity contribution < 1.29 is 4.74 Å².